The van der Waals surface area contributed by atoms with Gasteiger partial charge in [0.25, 0.3) is 0 Å². The Hall–Kier alpha value is -1.37. The third-order valence-corrected chi connectivity index (χ3v) is 5.69. The molecule has 3 rings (SSSR count). The summed E-state index contributed by atoms with van der Waals surface area (Å²) in [7, 11) is 0. The zero-order valence-corrected chi connectivity index (χ0v) is 15.7. The number of carbonyl (C=O) groups is 1. The van der Waals surface area contributed by atoms with Crippen LogP contribution in [0.2, 0.25) is 0 Å². The minimum Gasteiger partial charge on any atom is -0.302 e. The van der Waals surface area contributed by atoms with E-state index in [0.717, 1.165) is 26.0 Å². The topological polar surface area (TPSA) is 42.0 Å². The van der Waals surface area contributed by atoms with Crippen molar-refractivity contribution in [2.75, 3.05) is 11.1 Å². The van der Waals surface area contributed by atoms with Gasteiger partial charge in [-0.2, -0.15) is 0 Å². The number of thiazole rings is 1. The van der Waals surface area contributed by atoms with E-state index in [1.54, 1.807) is 11.8 Å². The molecule has 3 nitrogen and oxygen atoms in total. The van der Waals surface area contributed by atoms with Crippen LogP contribution in [0.15, 0.2) is 51.8 Å². The summed E-state index contributed by atoms with van der Waals surface area (Å²) in [5.74, 6) is 1.00. The van der Waals surface area contributed by atoms with Gasteiger partial charge < -0.3 is 5.32 Å². The average molecular weight is 407 g/mol. The summed E-state index contributed by atoms with van der Waals surface area (Å²) in [6, 6.07) is 14.0. The van der Waals surface area contributed by atoms with E-state index < -0.39 is 0 Å². The number of carbonyl (C=O) groups excluding carboxylic acids is 1. The second kappa shape index (κ2) is 7.47. The third-order valence-electron chi connectivity index (χ3n) is 3.22. The number of anilines is 1. The van der Waals surface area contributed by atoms with Crippen molar-refractivity contribution in [2.45, 2.75) is 18.2 Å². The molecular formula is C17H15BrN2OS2. The Morgan fingerprint density at radius 1 is 1.26 bits per heavy atom. The van der Waals surface area contributed by atoms with E-state index in [4.69, 9.17) is 0 Å². The summed E-state index contributed by atoms with van der Waals surface area (Å²) >= 11 is 6.76. The molecule has 0 aliphatic rings. The first-order valence-corrected chi connectivity index (χ1v) is 9.82. The van der Waals surface area contributed by atoms with Gasteiger partial charge in [-0.1, -0.05) is 36.5 Å². The molecule has 23 heavy (non-hydrogen) atoms. The van der Waals surface area contributed by atoms with Crippen LogP contribution in [0.5, 0.6) is 0 Å². The van der Waals surface area contributed by atoms with Gasteiger partial charge in [0, 0.05) is 9.37 Å². The molecule has 0 unspecified atom stereocenters. The number of thioether (sulfide) groups is 1. The van der Waals surface area contributed by atoms with Crippen molar-refractivity contribution in [1.29, 1.82) is 0 Å². The van der Waals surface area contributed by atoms with E-state index in [-0.39, 0.29) is 5.91 Å². The lowest BCUT2D eigenvalue weighted by Crippen LogP contribution is -2.14. The fourth-order valence-corrected chi connectivity index (χ4v) is 4.34. The first kappa shape index (κ1) is 16.5. The molecule has 1 amide bonds. The molecule has 0 atom stereocenters. The summed E-state index contributed by atoms with van der Waals surface area (Å²) in [5, 5.41) is 3.52. The number of fused-ring (bicyclic) bond motifs is 1. The molecule has 0 spiro atoms. The number of halogens is 1. The number of aromatic nitrogens is 1. The van der Waals surface area contributed by atoms with Crippen LogP contribution in [0.1, 0.15) is 12.5 Å². The quantitative estimate of drug-likeness (QED) is 0.580. The van der Waals surface area contributed by atoms with Crippen LogP contribution in [-0.2, 0) is 11.2 Å². The predicted octanol–water partition coefficient (Wildman–Crippen LogP) is 5.35. The maximum Gasteiger partial charge on any atom is 0.230 e. The minimum atomic E-state index is -0.0453. The maximum atomic E-state index is 12.2. The lowest BCUT2D eigenvalue weighted by atomic mass is 10.1. The van der Waals surface area contributed by atoms with Crippen molar-refractivity contribution in [3.8, 4) is 0 Å². The van der Waals surface area contributed by atoms with Gasteiger partial charge in [-0.15, -0.1) is 11.8 Å². The molecule has 0 aliphatic carbocycles. The molecule has 118 valence electrons. The maximum absolute atomic E-state index is 12.2. The first-order valence-electron chi connectivity index (χ1n) is 7.22. The lowest BCUT2D eigenvalue weighted by Gasteiger charge is -2.03. The fraction of sp³-hybridized carbons (Fsp3) is 0.176. The van der Waals surface area contributed by atoms with Crippen LogP contribution >= 0.6 is 39.0 Å². The molecule has 0 saturated heterocycles. The molecular weight excluding hydrogens is 392 g/mol. The number of hydrogen-bond donors (Lipinski definition) is 1. The van der Waals surface area contributed by atoms with Gasteiger partial charge in [-0.25, -0.2) is 4.98 Å². The Labute approximate surface area is 151 Å². The molecule has 0 fully saturated rings. The van der Waals surface area contributed by atoms with Gasteiger partial charge in [0.05, 0.1) is 16.6 Å². The largest absolute Gasteiger partial charge is 0.302 e. The highest BCUT2D eigenvalue weighted by molar-refractivity contribution is 9.10. The van der Waals surface area contributed by atoms with Gasteiger partial charge >= 0.3 is 0 Å². The van der Waals surface area contributed by atoms with E-state index in [1.165, 1.54) is 16.2 Å². The van der Waals surface area contributed by atoms with E-state index in [9.17, 15) is 4.79 Å². The number of nitrogens with zero attached hydrogens (tertiary/aromatic N) is 1. The van der Waals surface area contributed by atoms with Crippen LogP contribution in [-0.4, -0.2) is 16.6 Å². The highest BCUT2D eigenvalue weighted by atomic mass is 79.9. The smallest absolute Gasteiger partial charge is 0.230 e. The third kappa shape index (κ3) is 4.13. The molecule has 0 radical (unpaired) electrons. The van der Waals surface area contributed by atoms with Crippen LogP contribution in [0.4, 0.5) is 5.13 Å². The Balaban J connectivity index is 1.67. The van der Waals surface area contributed by atoms with Crippen molar-refractivity contribution in [3.63, 3.8) is 0 Å². The first-order chi connectivity index (χ1) is 11.2. The monoisotopic (exact) mass is 406 g/mol. The molecule has 2 aromatic carbocycles. The van der Waals surface area contributed by atoms with E-state index in [2.05, 4.69) is 45.3 Å². The van der Waals surface area contributed by atoms with Gasteiger partial charge in [0.2, 0.25) is 5.91 Å². The minimum absolute atomic E-state index is 0.0453. The molecule has 1 heterocycles. The van der Waals surface area contributed by atoms with Gasteiger partial charge in [-0.3, -0.25) is 4.79 Å². The van der Waals surface area contributed by atoms with E-state index >= 15 is 0 Å². The number of rotatable bonds is 5. The van der Waals surface area contributed by atoms with Crippen molar-refractivity contribution in [3.05, 3.63) is 52.5 Å². The molecule has 0 aliphatic heterocycles. The lowest BCUT2D eigenvalue weighted by molar-refractivity contribution is -0.115. The summed E-state index contributed by atoms with van der Waals surface area (Å²) < 4.78 is 1.99. The normalized spacial score (nSPS) is 10.9. The second-order valence-electron chi connectivity index (χ2n) is 4.91. The van der Waals surface area contributed by atoms with Crippen molar-refractivity contribution in [2.24, 2.45) is 0 Å². The highest BCUT2D eigenvalue weighted by Gasteiger charge is 2.10. The van der Waals surface area contributed by atoms with Crippen LogP contribution in [0.3, 0.4) is 0 Å². The SMILES string of the molecule is CCSc1ccc(CC(=O)Nc2nc3c(Br)cccc3s2)cc1. The summed E-state index contributed by atoms with van der Waals surface area (Å²) in [5.41, 5.74) is 1.89. The molecule has 1 N–H and O–H groups in total. The molecule has 0 bridgehead atoms. The number of benzene rings is 2. The van der Waals surface area contributed by atoms with Gasteiger partial charge in [-0.05, 0) is 51.5 Å². The van der Waals surface area contributed by atoms with Crippen LogP contribution < -0.4 is 5.32 Å². The molecule has 0 saturated carbocycles. The standard InChI is InChI=1S/C17H15BrN2OS2/c1-2-22-12-8-6-11(7-9-12)10-15(21)19-17-20-16-13(18)4-3-5-14(16)23-17/h3-9H,2,10H2,1H3,(H,19,20,21). The van der Waals surface area contributed by atoms with Crippen LogP contribution in [0.25, 0.3) is 10.2 Å². The highest BCUT2D eigenvalue weighted by Crippen LogP contribution is 2.30. The van der Waals surface area contributed by atoms with Crippen molar-refractivity contribution in [1.82, 2.24) is 4.98 Å². The number of hydrogen-bond acceptors (Lipinski definition) is 4. The summed E-state index contributed by atoms with van der Waals surface area (Å²) in [6.07, 6.45) is 0.355. The van der Waals surface area contributed by atoms with E-state index in [0.29, 0.717) is 11.6 Å². The Bertz CT molecular complexity index is 830. The van der Waals surface area contributed by atoms with Gasteiger partial charge in [0.15, 0.2) is 5.13 Å². The Kier molecular flexibility index (Phi) is 5.35. The Morgan fingerprint density at radius 2 is 2.04 bits per heavy atom. The zero-order chi connectivity index (χ0) is 16.2. The number of para-hydroxylation sites is 1. The van der Waals surface area contributed by atoms with Crippen molar-refractivity contribution < 1.29 is 4.79 Å². The van der Waals surface area contributed by atoms with Crippen LogP contribution in [0, 0.1) is 0 Å². The second-order valence-corrected chi connectivity index (χ2v) is 8.13. The zero-order valence-electron chi connectivity index (χ0n) is 12.5. The average Bonchev–Trinajstić information content (AvgIpc) is 2.93. The Morgan fingerprint density at radius 3 is 2.74 bits per heavy atom. The molecule has 1 aromatic heterocycles. The number of nitrogens with one attached hydrogen (secondary N) is 1. The predicted molar refractivity (Wildman–Crippen MR) is 102 cm³/mol. The summed E-state index contributed by atoms with van der Waals surface area (Å²) in [6.45, 7) is 2.13. The molecule has 3 aromatic rings. The number of amides is 1. The van der Waals surface area contributed by atoms with Gasteiger partial charge in [0.1, 0.15) is 0 Å². The molecule has 6 heteroatoms. The van der Waals surface area contributed by atoms with Crippen molar-refractivity contribution >= 4 is 60.3 Å². The van der Waals surface area contributed by atoms with E-state index in [1.807, 2.05) is 30.3 Å². The summed E-state index contributed by atoms with van der Waals surface area (Å²) in [4.78, 5) is 17.9. The fourth-order valence-electron chi connectivity index (χ4n) is 2.19.